The summed E-state index contributed by atoms with van der Waals surface area (Å²) in [5, 5.41) is 5.09. The topological polar surface area (TPSA) is 126 Å². The van der Waals surface area contributed by atoms with Crippen LogP contribution in [0.15, 0.2) is 55.6 Å². The van der Waals surface area contributed by atoms with Crippen molar-refractivity contribution < 1.29 is 22.8 Å². The van der Waals surface area contributed by atoms with Crippen LogP contribution in [-0.4, -0.2) is 45.9 Å². The molecule has 34 heavy (non-hydrogen) atoms. The van der Waals surface area contributed by atoms with Crippen molar-refractivity contribution in [2.75, 3.05) is 30.5 Å². The fourth-order valence-electron chi connectivity index (χ4n) is 2.77. The summed E-state index contributed by atoms with van der Waals surface area (Å²) in [5.74, 6) is -2.02. The molecule has 3 aromatic rings. The van der Waals surface area contributed by atoms with Gasteiger partial charge in [-0.2, -0.15) is 13.2 Å². The molecule has 0 spiro atoms. The summed E-state index contributed by atoms with van der Waals surface area (Å²) in [6, 6.07) is 6.29. The monoisotopic (exact) mass is 471 g/mol. The van der Waals surface area contributed by atoms with Crippen LogP contribution in [0.25, 0.3) is 16.7 Å². The van der Waals surface area contributed by atoms with E-state index in [2.05, 4.69) is 32.2 Å². The number of carbonyl (C=O) groups excluding carboxylic acids is 2. The molecule has 0 aliphatic rings. The first-order chi connectivity index (χ1) is 16.0. The van der Waals surface area contributed by atoms with Gasteiger partial charge in [-0.3, -0.25) is 9.78 Å². The van der Waals surface area contributed by atoms with Crippen LogP contribution in [0.1, 0.15) is 11.4 Å². The van der Waals surface area contributed by atoms with Crippen LogP contribution >= 0.6 is 0 Å². The van der Waals surface area contributed by atoms with E-state index in [1.807, 2.05) is 0 Å². The summed E-state index contributed by atoms with van der Waals surface area (Å²) in [6.45, 7) is 3.76. The summed E-state index contributed by atoms with van der Waals surface area (Å²) < 4.78 is 37.8. The normalized spacial score (nSPS) is 11.0. The number of halogens is 3. The van der Waals surface area contributed by atoms with Crippen LogP contribution in [0.5, 0.6) is 0 Å². The number of nitrogens with two attached hydrogens (primary N) is 1. The third kappa shape index (κ3) is 5.65. The lowest BCUT2D eigenvalue weighted by Crippen LogP contribution is -2.27. The van der Waals surface area contributed by atoms with E-state index in [9.17, 15) is 22.8 Å². The predicted octanol–water partition coefficient (Wildman–Crippen LogP) is 3.89. The Kier molecular flexibility index (Phi) is 6.80. The van der Waals surface area contributed by atoms with Gasteiger partial charge in [0.05, 0.1) is 30.0 Å². The lowest BCUT2D eigenvalue weighted by molar-refractivity contribution is -0.144. The van der Waals surface area contributed by atoms with Gasteiger partial charge in [-0.05, 0) is 23.8 Å². The SMILES string of the molecule is C=C(C(=O)Nc1cnc(C(F)(F)F)nc1)c1cc(-c2cncc(NC(=O)N(C)C)c2)ccc1N. The Bertz CT molecular complexity index is 1240. The van der Waals surface area contributed by atoms with E-state index in [0.29, 0.717) is 22.4 Å². The number of anilines is 3. The Morgan fingerprint density at radius 1 is 0.971 bits per heavy atom. The molecule has 0 aliphatic heterocycles. The second-order valence-corrected chi connectivity index (χ2v) is 7.31. The number of hydrogen-bond donors (Lipinski definition) is 3. The van der Waals surface area contributed by atoms with Gasteiger partial charge in [-0.1, -0.05) is 12.6 Å². The zero-order valence-corrected chi connectivity index (χ0v) is 18.1. The molecule has 9 nitrogen and oxygen atoms in total. The van der Waals surface area contributed by atoms with E-state index in [1.165, 1.54) is 11.1 Å². The minimum Gasteiger partial charge on any atom is -0.398 e. The van der Waals surface area contributed by atoms with E-state index in [0.717, 1.165) is 12.4 Å². The largest absolute Gasteiger partial charge is 0.451 e. The molecule has 0 saturated heterocycles. The molecule has 3 amide bonds. The van der Waals surface area contributed by atoms with Gasteiger partial charge in [0.2, 0.25) is 5.82 Å². The number of hydrogen-bond acceptors (Lipinski definition) is 6. The number of urea groups is 1. The van der Waals surface area contributed by atoms with Gasteiger partial charge in [0, 0.05) is 42.7 Å². The first-order valence-corrected chi connectivity index (χ1v) is 9.69. The Hall–Kier alpha value is -4.48. The highest BCUT2D eigenvalue weighted by molar-refractivity contribution is 6.25. The Morgan fingerprint density at radius 3 is 2.26 bits per heavy atom. The van der Waals surface area contributed by atoms with Crippen molar-refractivity contribution >= 4 is 34.6 Å². The molecule has 4 N–H and O–H groups in total. The second-order valence-electron chi connectivity index (χ2n) is 7.31. The molecular formula is C22H20F3N7O2. The van der Waals surface area contributed by atoms with Crippen molar-refractivity contribution in [3.05, 3.63) is 67.0 Å². The van der Waals surface area contributed by atoms with Crippen LogP contribution in [0.4, 0.5) is 35.0 Å². The van der Waals surface area contributed by atoms with Crippen molar-refractivity contribution in [1.82, 2.24) is 19.9 Å². The molecule has 0 unspecified atom stereocenters. The third-order valence-corrected chi connectivity index (χ3v) is 4.54. The van der Waals surface area contributed by atoms with Crippen molar-refractivity contribution in [3.63, 3.8) is 0 Å². The van der Waals surface area contributed by atoms with Crippen LogP contribution in [0.2, 0.25) is 0 Å². The van der Waals surface area contributed by atoms with Crippen molar-refractivity contribution in [2.24, 2.45) is 0 Å². The van der Waals surface area contributed by atoms with Gasteiger partial charge < -0.3 is 21.3 Å². The molecule has 0 fully saturated rings. The summed E-state index contributed by atoms with van der Waals surface area (Å²) in [4.78, 5) is 36.4. The Labute approximate surface area is 192 Å². The Balaban J connectivity index is 1.81. The molecule has 176 valence electrons. The van der Waals surface area contributed by atoms with Gasteiger partial charge in [0.1, 0.15) is 0 Å². The van der Waals surface area contributed by atoms with Crippen molar-refractivity contribution in [2.45, 2.75) is 6.18 Å². The van der Waals surface area contributed by atoms with Gasteiger partial charge in [-0.15, -0.1) is 0 Å². The number of nitrogens with zero attached hydrogens (tertiary/aromatic N) is 4. The number of nitrogen functional groups attached to an aromatic ring is 1. The summed E-state index contributed by atoms with van der Waals surface area (Å²) in [7, 11) is 3.21. The number of amides is 3. The fourth-order valence-corrected chi connectivity index (χ4v) is 2.77. The highest BCUT2D eigenvalue weighted by Gasteiger charge is 2.34. The first kappa shape index (κ1) is 24.2. The maximum Gasteiger partial charge on any atom is 0.451 e. The lowest BCUT2D eigenvalue weighted by Gasteiger charge is -2.14. The maximum absolute atomic E-state index is 12.6. The summed E-state index contributed by atoms with van der Waals surface area (Å²) in [6.07, 6.45) is 0.0625. The van der Waals surface area contributed by atoms with Crippen LogP contribution in [0, 0.1) is 0 Å². The zero-order valence-electron chi connectivity index (χ0n) is 18.1. The average Bonchev–Trinajstić information content (AvgIpc) is 2.78. The van der Waals surface area contributed by atoms with E-state index < -0.39 is 17.9 Å². The molecule has 0 atom stereocenters. The first-order valence-electron chi connectivity index (χ1n) is 9.69. The fraction of sp³-hybridized carbons (Fsp3) is 0.136. The van der Waals surface area contributed by atoms with E-state index >= 15 is 0 Å². The number of carbonyl (C=O) groups is 2. The van der Waals surface area contributed by atoms with Crippen molar-refractivity contribution in [3.8, 4) is 11.1 Å². The smallest absolute Gasteiger partial charge is 0.398 e. The van der Waals surface area contributed by atoms with E-state index in [4.69, 9.17) is 5.73 Å². The van der Waals surface area contributed by atoms with Gasteiger partial charge in [-0.25, -0.2) is 14.8 Å². The lowest BCUT2D eigenvalue weighted by atomic mass is 9.98. The van der Waals surface area contributed by atoms with Gasteiger partial charge in [0.15, 0.2) is 0 Å². The van der Waals surface area contributed by atoms with E-state index in [-0.39, 0.29) is 23.0 Å². The highest BCUT2D eigenvalue weighted by Crippen LogP contribution is 2.30. The third-order valence-electron chi connectivity index (χ3n) is 4.54. The molecular weight excluding hydrogens is 451 g/mol. The number of aromatic nitrogens is 3. The second kappa shape index (κ2) is 9.57. The minimum atomic E-state index is -4.69. The highest BCUT2D eigenvalue weighted by atomic mass is 19.4. The number of rotatable bonds is 5. The molecule has 2 aromatic heterocycles. The molecule has 0 saturated carbocycles. The number of nitrogens with one attached hydrogen (secondary N) is 2. The quantitative estimate of drug-likeness (QED) is 0.383. The summed E-state index contributed by atoms with van der Waals surface area (Å²) >= 11 is 0. The predicted molar refractivity (Wildman–Crippen MR) is 121 cm³/mol. The molecule has 3 rings (SSSR count). The molecule has 0 aliphatic carbocycles. The van der Waals surface area contributed by atoms with E-state index in [1.54, 1.807) is 44.6 Å². The molecule has 12 heteroatoms. The number of pyridine rings is 1. The summed E-state index contributed by atoms with van der Waals surface area (Å²) in [5.41, 5.74) is 8.29. The minimum absolute atomic E-state index is 0.0238. The average molecular weight is 471 g/mol. The standard InChI is InChI=1S/C22H20F3N7O2/c1-12(19(33)30-16-10-28-20(29-11-16)22(23,24)25)17-7-13(4-5-18(17)26)14-6-15(9-27-8-14)31-21(34)32(2)3/h4-11H,1,26H2,2-3H3,(H,30,33)(H,31,34). The molecule has 1 aromatic carbocycles. The number of alkyl halides is 3. The van der Waals surface area contributed by atoms with Crippen LogP contribution in [0.3, 0.4) is 0 Å². The van der Waals surface area contributed by atoms with Gasteiger partial charge in [0.25, 0.3) is 5.91 Å². The molecule has 2 heterocycles. The van der Waals surface area contributed by atoms with Gasteiger partial charge >= 0.3 is 12.2 Å². The number of benzene rings is 1. The van der Waals surface area contributed by atoms with Crippen LogP contribution < -0.4 is 16.4 Å². The molecule has 0 radical (unpaired) electrons. The zero-order chi connectivity index (χ0) is 25.0. The molecule has 0 bridgehead atoms. The maximum atomic E-state index is 12.6. The van der Waals surface area contributed by atoms with Crippen molar-refractivity contribution in [1.29, 1.82) is 0 Å². The van der Waals surface area contributed by atoms with Crippen LogP contribution in [-0.2, 0) is 11.0 Å². The Morgan fingerprint density at radius 2 is 1.65 bits per heavy atom.